The molecule has 0 saturated carbocycles. The van der Waals surface area contributed by atoms with Crippen molar-refractivity contribution >= 4 is 28.9 Å². The first kappa shape index (κ1) is 19.6. The number of hydrogen-bond donors (Lipinski definition) is 0. The van der Waals surface area contributed by atoms with Crippen molar-refractivity contribution in [3.63, 3.8) is 0 Å². The third kappa shape index (κ3) is 3.15. The number of carbonyl (C=O) groups excluding carboxylic acids is 1. The Labute approximate surface area is 186 Å². The normalized spacial score (nSPS) is 21.9. The third-order valence-corrected chi connectivity index (χ3v) is 6.31. The summed E-state index contributed by atoms with van der Waals surface area (Å²) >= 11 is 5.94. The van der Waals surface area contributed by atoms with Crippen molar-refractivity contribution < 1.29 is 14.3 Å². The van der Waals surface area contributed by atoms with E-state index in [1.807, 2.05) is 66.4 Å². The molecule has 0 aromatic heterocycles. The second kappa shape index (κ2) is 7.39. The van der Waals surface area contributed by atoms with Crippen LogP contribution in [0.5, 0.6) is 11.5 Å². The third-order valence-electron chi connectivity index (χ3n) is 5.93. The number of amides is 1. The predicted molar refractivity (Wildman–Crippen MR) is 124 cm³/mol. The Morgan fingerprint density at radius 1 is 1.03 bits per heavy atom. The van der Waals surface area contributed by atoms with Crippen molar-refractivity contribution in [3.8, 4) is 11.5 Å². The number of hydrogen-bond acceptors (Lipinski definition) is 4. The smallest absolute Gasteiger partial charge is 0.260 e. The van der Waals surface area contributed by atoms with Gasteiger partial charge >= 0.3 is 0 Å². The first-order valence-electron chi connectivity index (χ1n) is 10.2. The summed E-state index contributed by atoms with van der Waals surface area (Å²) in [6, 6.07) is 24.6. The van der Waals surface area contributed by atoms with Crippen LogP contribution < -0.4 is 14.4 Å². The van der Waals surface area contributed by atoms with Crippen molar-refractivity contribution in [1.29, 1.82) is 0 Å². The van der Waals surface area contributed by atoms with Crippen molar-refractivity contribution in [2.75, 3.05) is 12.0 Å². The number of rotatable bonds is 3. The average molecular weight is 431 g/mol. The fourth-order valence-electron chi connectivity index (χ4n) is 4.47. The second-order valence-corrected chi connectivity index (χ2v) is 8.26. The van der Waals surface area contributed by atoms with Crippen LogP contribution in [-0.2, 0) is 0 Å². The van der Waals surface area contributed by atoms with Gasteiger partial charge in [-0.05, 0) is 61.6 Å². The molecule has 156 valence electrons. The molecule has 31 heavy (non-hydrogen) atoms. The number of ether oxygens (including phenoxy) is 2. The Morgan fingerprint density at radius 2 is 1.71 bits per heavy atom. The molecule has 2 heterocycles. The zero-order valence-corrected chi connectivity index (χ0v) is 18.1. The summed E-state index contributed by atoms with van der Waals surface area (Å²) in [5, 5.41) is 0.431. The molecule has 2 bridgehead atoms. The molecule has 1 fully saturated rings. The summed E-state index contributed by atoms with van der Waals surface area (Å²) in [5.41, 5.74) is 1.72. The highest BCUT2D eigenvalue weighted by molar-refractivity contribution is 7.80. The molecule has 3 aromatic rings. The van der Waals surface area contributed by atoms with E-state index in [-0.39, 0.29) is 11.9 Å². The summed E-state index contributed by atoms with van der Waals surface area (Å²) in [7, 11) is 1.61. The van der Waals surface area contributed by atoms with Crippen LogP contribution in [0, 0.1) is 0 Å². The molecule has 0 aliphatic carbocycles. The minimum absolute atomic E-state index is 0.141. The monoisotopic (exact) mass is 430 g/mol. The summed E-state index contributed by atoms with van der Waals surface area (Å²) in [5.74, 6) is 1.34. The number of nitrogens with zero attached hydrogens (tertiary/aromatic N) is 2. The van der Waals surface area contributed by atoms with Crippen LogP contribution >= 0.6 is 12.2 Å². The number of fused-ring (bicyclic) bond motifs is 4. The molecule has 6 heteroatoms. The highest BCUT2D eigenvalue weighted by atomic mass is 32.1. The molecule has 3 aromatic carbocycles. The van der Waals surface area contributed by atoms with Gasteiger partial charge in [0.1, 0.15) is 11.5 Å². The zero-order valence-electron chi connectivity index (χ0n) is 17.3. The second-order valence-electron chi connectivity index (χ2n) is 7.89. The van der Waals surface area contributed by atoms with E-state index in [1.165, 1.54) is 0 Å². The topological polar surface area (TPSA) is 42.0 Å². The largest absolute Gasteiger partial charge is 0.497 e. The molecule has 0 unspecified atom stereocenters. The molecule has 2 aliphatic heterocycles. The number of thiocarbonyl (C=S) groups is 1. The van der Waals surface area contributed by atoms with Gasteiger partial charge in [-0.15, -0.1) is 0 Å². The lowest BCUT2D eigenvalue weighted by Gasteiger charge is -2.55. The van der Waals surface area contributed by atoms with Gasteiger partial charge < -0.3 is 9.47 Å². The Bertz CT molecular complexity index is 1150. The van der Waals surface area contributed by atoms with E-state index in [2.05, 4.69) is 0 Å². The number of para-hydroxylation sites is 2. The van der Waals surface area contributed by atoms with Gasteiger partial charge in [-0.3, -0.25) is 14.6 Å². The highest BCUT2D eigenvalue weighted by Gasteiger charge is 2.53. The molecule has 2 atom stereocenters. The van der Waals surface area contributed by atoms with E-state index in [9.17, 15) is 4.79 Å². The quantitative estimate of drug-likeness (QED) is 0.536. The van der Waals surface area contributed by atoms with Gasteiger partial charge in [0.15, 0.2) is 10.8 Å². The maximum Gasteiger partial charge on any atom is 0.260 e. The van der Waals surface area contributed by atoms with Crippen molar-refractivity contribution in [2.45, 2.75) is 25.1 Å². The van der Waals surface area contributed by atoms with E-state index in [0.717, 1.165) is 17.0 Å². The van der Waals surface area contributed by atoms with Gasteiger partial charge in [0.2, 0.25) is 0 Å². The van der Waals surface area contributed by atoms with Gasteiger partial charge in [-0.2, -0.15) is 0 Å². The Morgan fingerprint density at radius 3 is 2.42 bits per heavy atom. The fraction of sp³-hybridized carbons (Fsp3) is 0.200. The molecule has 0 spiro atoms. The fourth-order valence-corrected chi connectivity index (χ4v) is 4.98. The van der Waals surface area contributed by atoms with Gasteiger partial charge in [-0.1, -0.05) is 36.4 Å². The molecule has 5 nitrogen and oxygen atoms in total. The number of carbonyl (C=O) groups is 1. The lowest BCUT2D eigenvalue weighted by molar-refractivity contribution is 0.0184. The first-order chi connectivity index (χ1) is 15.0. The van der Waals surface area contributed by atoms with Gasteiger partial charge in [0, 0.05) is 23.2 Å². The molecule has 5 rings (SSSR count). The summed E-state index contributed by atoms with van der Waals surface area (Å²) < 4.78 is 11.7. The predicted octanol–water partition coefficient (Wildman–Crippen LogP) is 5.18. The Balaban J connectivity index is 1.64. The average Bonchev–Trinajstić information content (AvgIpc) is 2.79. The van der Waals surface area contributed by atoms with Crippen LogP contribution in [0.15, 0.2) is 78.9 Å². The minimum Gasteiger partial charge on any atom is -0.497 e. The van der Waals surface area contributed by atoms with Crippen LogP contribution in [0.3, 0.4) is 0 Å². The zero-order chi connectivity index (χ0) is 21.6. The first-order valence-corrected chi connectivity index (χ1v) is 10.6. The van der Waals surface area contributed by atoms with Crippen LogP contribution in [0.1, 0.15) is 35.3 Å². The highest BCUT2D eigenvalue weighted by Crippen LogP contribution is 2.49. The van der Waals surface area contributed by atoms with E-state index in [1.54, 1.807) is 36.3 Å². The van der Waals surface area contributed by atoms with E-state index >= 15 is 0 Å². The molecular weight excluding hydrogens is 408 g/mol. The van der Waals surface area contributed by atoms with Crippen molar-refractivity contribution in [1.82, 2.24) is 4.90 Å². The van der Waals surface area contributed by atoms with Crippen LogP contribution in [0.2, 0.25) is 0 Å². The summed E-state index contributed by atoms with van der Waals surface area (Å²) in [6.07, 6.45) is 0.598. The molecule has 1 saturated heterocycles. The summed E-state index contributed by atoms with van der Waals surface area (Å²) in [4.78, 5) is 17.4. The molecule has 0 radical (unpaired) electrons. The number of methoxy groups -OCH3 is 1. The van der Waals surface area contributed by atoms with Gasteiger partial charge in [-0.25, -0.2) is 0 Å². The minimum atomic E-state index is -0.700. The number of benzene rings is 3. The van der Waals surface area contributed by atoms with Crippen molar-refractivity contribution in [2.24, 2.45) is 0 Å². The van der Waals surface area contributed by atoms with Crippen LogP contribution in [0.25, 0.3) is 0 Å². The van der Waals surface area contributed by atoms with Gasteiger partial charge in [0.05, 0.1) is 13.2 Å². The lowest BCUT2D eigenvalue weighted by atomic mass is 9.88. The maximum absolute atomic E-state index is 13.7. The Hall–Kier alpha value is -3.38. The SMILES string of the molecule is COc1ccc(C(=O)N2C(=S)N(c3ccccc3)[C@@]3(C)C[C@H]2c2ccccc2O3)cc1. The number of anilines is 1. The van der Waals surface area contributed by atoms with E-state index in [4.69, 9.17) is 21.7 Å². The standard InChI is InChI=1S/C25H22N2O3S/c1-25-16-21(20-10-6-7-11-22(20)30-25)26(23(28)17-12-14-19(29-2)15-13-17)24(31)27(25)18-8-4-3-5-9-18/h3-15,21H,16H2,1-2H3/t21-,25+/m0/s1. The van der Waals surface area contributed by atoms with Crippen molar-refractivity contribution in [3.05, 3.63) is 90.0 Å². The molecule has 2 aliphatic rings. The van der Waals surface area contributed by atoms with Crippen LogP contribution in [-0.4, -0.2) is 28.8 Å². The summed E-state index contributed by atoms with van der Waals surface area (Å²) in [6.45, 7) is 2.03. The Kier molecular flexibility index (Phi) is 4.67. The molecular formula is C25H22N2O3S. The van der Waals surface area contributed by atoms with Gasteiger partial charge in [0.25, 0.3) is 5.91 Å². The van der Waals surface area contributed by atoms with E-state index < -0.39 is 5.72 Å². The molecule has 1 amide bonds. The lowest BCUT2D eigenvalue weighted by Crippen LogP contribution is -2.67. The maximum atomic E-state index is 13.7. The molecule has 0 N–H and O–H groups in total. The van der Waals surface area contributed by atoms with E-state index in [0.29, 0.717) is 22.8 Å². The van der Waals surface area contributed by atoms with Crippen LogP contribution in [0.4, 0.5) is 5.69 Å².